The van der Waals surface area contributed by atoms with E-state index in [1.165, 1.54) is 16.8 Å². The molecule has 0 fully saturated rings. The van der Waals surface area contributed by atoms with Crippen molar-refractivity contribution in [3.63, 3.8) is 0 Å². The van der Waals surface area contributed by atoms with Gasteiger partial charge in [0.1, 0.15) is 0 Å². The molecule has 0 spiro atoms. The summed E-state index contributed by atoms with van der Waals surface area (Å²) in [4.78, 5) is 2.53. The molecule has 0 aliphatic carbocycles. The van der Waals surface area contributed by atoms with E-state index in [2.05, 4.69) is 76.8 Å². The lowest BCUT2D eigenvalue weighted by Crippen LogP contribution is -2.51. The van der Waals surface area contributed by atoms with Gasteiger partial charge in [-0.2, -0.15) is 0 Å². The van der Waals surface area contributed by atoms with E-state index in [9.17, 15) is 0 Å². The van der Waals surface area contributed by atoms with Gasteiger partial charge in [-0.1, -0.05) is 18.2 Å². The van der Waals surface area contributed by atoms with Crippen LogP contribution in [0.15, 0.2) is 41.5 Å². The first-order valence-electron chi connectivity index (χ1n) is 6.33. The monoisotopic (exact) mass is 229 g/mol. The van der Waals surface area contributed by atoms with Crippen molar-refractivity contribution in [3.05, 3.63) is 41.5 Å². The zero-order valence-corrected chi connectivity index (χ0v) is 11.8. The molecule has 1 heterocycles. The van der Waals surface area contributed by atoms with E-state index in [1.54, 1.807) is 0 Å². The van der Waals surface area contributed by atoms with E-state index in [-0.39, 0.29) is 11.1 Å². The summed E-state index contributed by atoms with van der Waals surface area (Å²) >= 11 is 0. The van der Waals surface area contributed by atoms with Crippen LogP contribution in [-0.2, 0) is 0 Å². The van der Waals surface area contributed by atoms with Crippen LogP contribution in [0.2, 0.25) is 0 Å². The molecule has 1 aromatic carbocycles. The molecule has 0 atom stereocenters. The SMILES string of the molecule is CC1=C(C)C(C)(C)N(c2ccccc2)C1(C)C. The van der Waals surface area contributed by atoms with Gasteiger partial charge in [-0.15, -0.1) is 0 Å². The molecule has 17 heavy (non-hydrogen) atoms. The topological polar surface area (TPSA) is 3.24 Å². The quantitative estimate of drug-likeness (QED) is 0.645. The van der Waals surface area contributed by atoms with Crippen LogP contribution in [0.3, 0.4) is 0 Å². The van der Waals surface area contributed by atoms with Crippen LogP contribution in [0.4, 0.5) is 5.69 Å². The number of anilines is 1. The van der Waals surface area contributed by atoms with Crippen molar-refractivity contribution in [3.8, 4) is 0 Å². The molecule has 0 radical (unpaired) electrons. The number of nitrogens with zero attached hydrogens (tertiary/aromatic N) is 1. The van der Waals surface area contributed by atoms with Gasteiger partial charge < -0.3 is 4.90 Å². The van der Waals surface area contributed by atoms with Gasteiger partial charge in [-0.3, -0.25) is 0 Å². The minimum atomic E-state index is 0.0922. The van der Waals surface area contributed by atoms with Gasteiger partial charge in [0.05, 0.1) is 11.1 Å². The highest BCUT2D eigenvalue weighted by molar-refractivity contribution is 5.61. The Morgan fingerprint density at radius 1 is 0.765 bits per heavy atom. The summed E-state index contributed by atoms with van der Waals surface area (Å²) in [6, 6.07) is 10.7. The third-order valence-corrected chi connectivity index (χ3v) is 4.53. The first-order valence-corrected chi connectivity index (χ1v) is 6.33. The maximum absolute atomic E-state index is 2.53. The van der Waals surface area contributed by atoms with Crippen molar-refractivity contribution in [2.24, 2.45) is 0 Å². The van der Waals surface area contributed by atoms with Gasteiger partial charge in [0.25, 0.3) is 0 Å². The molecule has 1 nitrogen and oxygen atoms in total. The zero-order valence-electron chi connectivity index (χ0n) is 11.8. The number of benzene rings is 1. The fourth-order valence-electron chi connectivity index (χ4n) is 3.17. The van der Waals surface area contributed by atoms with Crippen LogP contribution < -0.4 is 4.90 Å². The number of para-hydroxylation sites is 1. The number of hydrogen-bond acceptors (Lipinski definition) is 1. The Balaban J connectivity index is 2.57. The molecule has 0 saturated heterocycles. The average Bonchev–Trinajstić information content (AvgIpc) is 2.38. The Bertz CT molecular complexity index is 428. The highest BCUT2D eigenvalue weighted by atomic mass is 15.3. The second-order valence-corrected chi connectivity index (χ2v) is 6.04. The predicted molar refractivity (Wildman–Crippen MR) is 75.5 cm³/mol. The summed E-state index contributed by atoms with van der Waals surface area (Å²) < 4.78 is 0. The summed E-state index contributed by atoms with van der Waals surface area (Å²) in [6.45, 7) is 13.8. The molecule has 1 heteroatoms. The summed E-state index contributed by atoms with van der Waals surface area (Å²) in [7, 11) is 0. The molecule has 0 bridgehead atoms. The van der Waals surface area contributed by atoms with Crippen LogP contribution in [0.1, 0.15) is 41.5 Å². The molecular weight excluding hydrogens is 206 g/mol. The standard InChI is InChI=1S/C16H23N/c1-12-13(2)16(5,6)17(15(12,3)4)14-10-8-7-9-11-14/h7-11H,1-6H3. The lowest BCUT2D eigenvalue weighted by Gasteiger charge is -2.44. The fourth-order valence-corrected chi connectivity index (χ4v) is 3.17. The minimum Gasteiger partial charge on any atom is -0.354 e. The maximum Gasteiger partial charge on any atom is 0.0567 e. The van der Waals surface area contributed by atoms with Gasteiger partial charge >= 0.3 is 0 Å². The highest BCUT2D eigenvalue weighted by Gasteiger charge is 2.47. The van der Waals surface area contributed by atoms with Crippen molar-refractivity contribution < 1.29 is 0 Å². The Morgan fingerprint density at radius 2 is 1.18 bits per heavy atom. The molecule has 2 rings (SSSR count). The van der Waals surface area contributed by atoms with Crippen molar-refractivity contribution in [1.82, 2.24) is 0 Å². The van der Waals surface area contributed by atoms with Crippen molar-refractivity contribution in [1.29, 1.82) is 0 Å². The smallest absolute Gasteiger partial charge is 0.0567 e. The number of rotatable bonds is 1. The first-order chi connectivity index (χ1) is 7.79. The molecule has 92 valence electrons. The van der Waals surface area contributed by atoms with Gasteiger partial charge in [-0.25, -0.2) is 0 Å². The Labute approximate surface area is 105 Å². The second kappa shape index (κ2) is 3.63. The Morgan fingerprint density at radius 3 is 1.59 bits per heavy atom. The molecule has 1 aliphatic heterocycles. The van der Waals surface area contributed by atoms with Gasteiger partial charge in [0.2, 0.25) is 0 Å². The first kappa shape index (κ1) is 12.2. The molecule has 0 N–H and O–H groups in total. The molecule has 1 aliphatic rings. The van der Waals surface area contributed by atoms with E-state index in [0.717, 1.165) is 0 Å². The van der Waals surface area contributed by atoms with Crippen LogP contribution in [0.25, 0.3) is 0 Å². The van der Waals surface area contributed by atoms with Crippen LogP contribution >= 0.6 is 0 Å². The van der Waals surface area contributed by atoms with Crippen molar-refractivity contribution in [2.45, 2.75) is 52.6 Å². The van der Waals surface area contributed by atoms with Gasteiger partial charge in [0, 0.05) is 5.69 Å². The zero-order chi connectivity index (χ0) is 12.8. The normalized spacial score (nSPS) is 22.1. The van der Waals surface area contributed by atoms with Crippen LogP contribution in [0.5, 0.6) is 0 Å². The molecule has 1 aromatic rings. The van der Waals surface area contributed by atoms with Crippen LogP contribution in [-0.4, -0.2) is 11.1 Å². The third-order valence-electron chi connectivity index (χ3n) is 4.53. The van der Waals surface area contributed by atoms with Gasteiger partial charge in [0.15, 0.2) is 0 Å². The fraction of sp³-hybridized carbons (Fsp3) is 0.500. The van der Waals surface area contributed by atoms with Gasteiger partial charge in [-0.05, 0) is 64.8 Å². The molecule has 0 unspecified atom stereocenters. The summed E-state index contributed by atoms with van der Waals surface area (Å²) in [5, 5.41) is 0. The minimum absolute atomic E-state index is 0.0922. The molecule has 0 aromatic heterocycles. The van der Waals surface area contributed by atoms with Crippen LogP contribution in [0, 0.1) is 0 Å². The lowest BCUT2D eigenvalue weighted by molar-refractivity contribution is 0.463. The Hall–Kier alpha value is -1.24. The molecular formula is C16H23N. The maximum atomic E-state index is 2.53. The van der Waals surface area contributed by atoms with Crippen molar-refractivity contribution in [2.75, 3.05) is 4.90 Å². The predicted octanol–water partition coefficient (Wildman–Crippen LogP) is 4.40. The second-order valence-electron chi connectivity index (χ2n) is 6.04. The summed E-state index contributed by atoms with van der Waals surface area (Å²) in [6.07, 6.45) is 0. The third kappa shape index (κ3) is 1.60. The summed E-state index contributed by atoms with van der Waals surface area (Å²) in [5.74, 6) is 0. The van der Waals surface area contributed by atoms with E-state index < -0.39 is 0 Å². The van der Waals surface area contributed by atoms with Crippen molar-refractivity contribution >= 4 is 5.69 Å². The average molecular weight is 229 g/mol. The summed E-state index contributed by atoms with van der Waals surface area (Å²) in [5.41, 5.74) is 4.47. The van der Waals surface area contributed by atoms with E-state index in [1.807, 2.05) is 0 Å². The Kier molecular flexibility index (Phi) is 2.61. The molecule has 0 amide bonds. The van der Waals surface area contributed by atoms with E-state index in [4.69, 9.17) is 0 Å². The largest absolute Gasteiger partial charge is 0.354 e. The number of hydrogen-bond donors (Lipinski definition) is 0. The lowest BCUT2D eigenvalue weighted by atomic mass is 9.93. The highest BCUT2D eigenvalue weighted by Crippen LogP contribution is 2.47. The van der Waals surface area contributed by atoms with E-state index >= 15 is 0 Å². The molecule has 0 saturated carbocycles. The van der Waals surface area contributed by atoms with E-state index in [0.29, 0.717) is 0 Å².